The number of fused-ring (bicyclic) bond motifs is 5. The van der Waals surface area contributed by atoms with E-state index in [1.807, 2.05) is 0 Å². The maximum Gasteiger partial charge on any atom is 0.333 e. The van der Waals surface area contributed by atoms with Gasteiger partial charge >= 0.3 is 6.85 Å². The topological polar surface area (TPSA) is 9.72 Å². The average molecular weight is 854 g/mol. The molecule has 0 fully saturated rings. The third kappa shape index (κ3) is 7.26. The third-order valence-corrected chi connectivity index (χ3v) is 13.9. The Labute approximate surface area is 391 Å². The van der Waals surface area contributed by atoms with Crippen molar-refractivity contribution in [3.05, 3.63) is 216 Å². The highest BCUT2D eigenvalue weighted by Crippen LogP contribution is 2.50. The van der Waals surface area contributed by atoms with Gasteiger partial charge in [0.2, 0.25) is 0 Å². The zero-order valence-corrected chi connectivity index (χ0v) is 39.0. The standard InChI is InChI=1S/C62H56BN3/c1-7-8-17-44-24-29-51(30-25-44)64(50-22-13-10-14-23-50)53-33-34-56-59(41-53)65(57-35-26-48(38-43(57)3)45-18-11-9-12-19-45)60-37-42(2)36-55-54-39-46-20-15-16-21-47(46)40-58(54)66(63(56)61(55)60)52-31-27-49(28-32-52)62(4,5)6/h9-16,18-41H,7-8,17H2,1-6H3. The van der Waals surface area contributed by atoms with Gasteiger partial charge < -0.3 is 14.6 Å². The minimum absolute atomic E-state index is 0.0363. The molecule has 3 nitrogen and oxygen atoms in total. The highest BCUT2D eigenvalue weighted by atomic mass is 15.2. The Morgan fingerprint density at radius 1 is 0.515 bits per heavy atom. The highest BCUT2D eigenvalue weighted by molar-refractivity contribution is 6.93. The Morgan fingerprint density at radius 2 is 1.18 bits per heavy atom. The van der Waals surface area contributed by atoms with Crippen LogP contribution in [0.25, 0.3) is 33.0 Å². The van der Waals surface area contributed by atoms with E-state index in [9.17, 15) is 0 Å². The summed E-state index contributed by atoms with van der Waals surface area (Å²) in [6, 6.07) is 73.0. The van der Waals surface area contributed by atoms with Crippen molar-refractivity contribution in [3.8, 4) is 22.3 Å². The molecular weight excluding hydrogens is 798 g/mol. The van der Waals surface area contributed by atoms with Crippen LogP contribution in [0.4, 0.5) is 45.5 Å². The van der Waals surface area contributed by atoms with Gasteiger partial charge in [0.25, 0.3) is 0 Å². The molecule has 0 radical (unpaired) electrons. The van der Waals surface area contributed by atoms with Crippen LogP contribution in [0, 0.1) is 13.8 Å². The zero-order valence-electron chi connectivity index (χ0n) is 39.0. The molecule has 0 unspecified atom stereocenters. The smallest absolute Gasteiger partial charge is 0.333 e. The second-order valence-corrected chi connectivity index (χ2v) is 19.4. The summed E-state index contributed by atoms with van der Waals surface area (Å²) in [5.41, 5.74) is 22.2. The van der Waals surface area contributed by atoms with Gasteiger partial charge in [-0.15, -0.1) is 0 Å². The first-order chi connectivity index (χ1) is 32.1. The molecule has 0 aromatic heterocycles. The quantitative estimate of drug-likeness (QED) is 0.134. The van der Waals surface area contributed by atoms with Gasteiger partial charge in [-0.2, -0.15) is 0 Å². The Balaban J connectivity index is 1.19. The van der Waals surface area contributed by atoms with Crippen LogP contribution in [-0.2, 0) is 11.8 Å². The molecule has 9 aromatic carbocycles. The van der Waals surface area contributed by atoms with E-state index in [4.69, 9.17) is 0 Å². The number of aryl methyl sites for hydroxylation is 3. The molecule has 11 rings (SSSR count). The van der Waals surface area contributed by atoms with Gasteiger partial charge in [-0.3, -0.25) is 0 Å². The van der Waals surface area contributed by atoms with Crippen LogP contribution in [0.1, 0.15) is 62.8 Å². The molecule has 2 aliphatic heterocycles. The van der Waals surface area contributed by atoms with Crippen LogP contribution in [0.3, 0.4) is 0 Å². The van der Waals surface area contributed by atoms with Gasteiger partial charge in [-0.25, -0.2) is 0 Å². The second-order valence-electron chi connectivity index (χ2n) is 19.4. The highest BCUT2D eigenvalue weighted by Gasteiger charge is 2.45. The lowest BCUT2D eigenvalue weighted by atomic mass is 9.43. The van der Waals surface area contributed by atoms with E-state index in [1.165, 1.54) is 107 Å². The molecule has 0 atom stereocenters. The number of rotatable bonds is 9. The van der Waals surface area contributed by atoms with E-state index >= 15 is 0 Å². The van der Waals surface area contributed by atoms with Gasteiger partial charge in [-0.05, 0) is 172 Å². The van der Waals surface area contributed by atoms with Crippen molar-refractivity contribution in [2.24, 2.45) is 0 Å². The van der Waals surface area contributed by atoms with Crippen LogP contribution in [-0.4, -0.2) is 6.85 Å². The van der Waals surface area contributed by atoms with Gasteiger partial charge in [-0.1, -0.05) is 149 Å². The third-order valence-electron chi connectivity index (χ3n) is 13.9. The van der Waals surface area contributed by atoms with E-state index in [0.717, 1.165) is 23.5 Å². The summed E-state index contributed by atoms with van der Waals surface area (Å²) in [6.07, 6.45) is 3.47. The van der Waals surface area contributed by atoms with E-state index in [-0.39, 0.29) is 12.3 Å². The van der Waals surface area contributed by atoms with Crippen LogP contribution in [0.5, 0.6) is 0 Å². The lowest BCUT2D eigenvalue weighted by Gasteiger charge is -2.46. The SMILES string of the molecule is CCCCc1ccc(N(c2ccccc2)c2ccc3c(c2)N(c2ccc(-c4ccccc4)cc2C)c2cc(C)cc4c2B3N(c2ccc(C(C)(C)C)cc2)c2cc3ccccc3cc2-4)cc1. The molecule has 0 amide bonds. The lowest BCUT2D eigenvalue weighted by Crippen LogP contribution is -2.61. The van der Waals surface area contributed by atoms with Crippen molar-refractivity contribution < 1.29 is 0 Å². The first-order valence-electron chi connectivity index (χ1n) is 23.8. The Bertz CT molecular complexity index is 3240. The molecule has 9 aromatic rings. The van der Waals surface area contributed by atoms with Crippen LogP contribution in [0.15, 0.2) is 194 Å². The molecule has 0 spiro atoms. The van der Waals surface area contributed by atoms with Crippen LogP contribution < -0.4 is 25.5 Å². The summed E-state index contributed by atoms with van der Waals surface area (Å²) in [5.74, 6) is 0. The molecule has 4 heteroatoms. The number of nitrogens with zero attached hydrogens (tertiary/aromatic N) is 3. The van der Waals surface area contributed by atoms with Crippen molar-refractivity contribution in [1.29, 1.82) is 0 Å². The molecule has 0 aliphatic carbocycles. The summed E-state index contributed by atoms with van der Waals surface area (Å²) in [6.45, 7) is 13.6. The van der Waals surface area contributed by atoms with Crippen molar-refractivity contribution in [2.75, 3.05) is 14.6 Å². The molecule has 66 heavy (non-hydrogen) atoms. The number of benzene rings is 9. The number of anilines is 8. The van der Waals surface area contributed by atoms with Crippen molar-refractivity contribution in [1.82, 2.24) is 0 Å². The molecule has 0 N–H and O–H groups in total. The molecule has 322 valence electrons. The minimum Gasteiger partial charge on any atom is -0.376 e. The molecule has 2 heterocycles. The van der Waals surface area contributed by atoms with Crippen molar-refractivity contribution in [3.63, 3.8) is 0 Å². The summed E-state index contributed by atoms with van der Waals surface area (Å²) in [7, 11) is 0. The Kier molecular flexibility index (Phi) is 10.4. The fraction of sp³-hybridized carbons (Fsp3) is 0.161. The van der Waals surface area contributed by atoms with Gasteiger partial charge in [0.1, 0.15) is 0 Å². The predicted molar refractivity (Wildman–Crippen MR) is 285 cm³/mol. The number of hydrogen-bond acceptors (Lipinski definition) is 3. The fourth-order valence-electron chi connectivity index (χ4n) is 10.5. The molecule has 2 aliphatic rings. The fourth-order valence-corrected chi connectivity index (χ4v) is 10.5. The predicted octanol–water partition coefficient (Wildman–Crippen LogP) is 15.9. The van der Waals surface area contributed by atoms with Gasteiger partial charge in [0, 0.05) is 51.1 Å². The summed E-state index contributed by atoms with van der Waals surface area (Å²) < 4.78 is 0. The monoisotopic (exact) mass is 853 g/mol. The maximum absolute atomic E-state index is 2.64. The summed E-state index contributed by atoms with van der Waals surface area (Å²) >= 11 is 0. The normalized spacial score (nSPS) is 12.8. The summed E-state index contributed by atoms with van der Waals surface area (Å²) in [5, 5.41) is 2.49. The van der Waals surface area contributed by atoms with E-state index < -0.39 is 0 Å². The largest absolute Gasteiger partial charge is 0.376 e. The first-order valence-corrected chi connectivity index (χ1v) is 23.8. The van der Waals surface area contributed by atoms with Gasteiger partial charge in [0.15, 0.2) is 0 Å². The Morgan fingerprint density at radius 3 is 1.88 bits per heavy atom. The van der Waals surface area contributed by atoms with E-state index in [0.29, 0.717) is 0 Å². The minimum atomic E-state index is -0.100. The number of para-hydroxylation sites is 1. The molecular formula is C62H56BN3. The van der Waals surface area contributed by atoms with Crippen molar-refractivity contribution in [2.45, 2.75) is 66.2 Å². The molecule has 0 saturated carbocycles. The lowest BCUT2D eigenvalue weighted by molar-refractivity contribution is 0.590. The molecule has 0 bridgehead atoms. The van der Waals surface area contributed by atoms with Crippen molar-refractivity contribution >= 4 is 74.0 Å². The maximum atomic E-state index is 2.64. The number of hydrogen-bond donors (Lipinski definition) is 0. The van der Waals surface area contributed by atoms with E-state index in [1.54, 1.807) is 0 Å². The van der Waals surface area contributed by atoms with Crippen LogP contribution >= 0.6 is 0 Å². The molecule has 0 saturated heterocycles. The second kappa shape index (κ2) is 16.6. The van der Waals surface area contributed by atoms with Crippen LogP contribution in [0.2, 0.25) is 0 Å². The number of unbranched alkanes of at least 4 members (excludes halogenated alkanes) is 1. The van der Waals surface area contributed by atoms with Gasteiger partial charge in [0.05, 0.1) is 0 Å². The first kappa shape index (κ1) is 41.4. The van der Waals surface area contributed by atoms with E-state index in [2.05, 4.69) is 250 Å². The average Bonchev–Trinajstić information content (AvgIpc) is 3.34. The zero-order chi connectivity index (χ0) is 45.1. The Hall–Kier alpha value is -7.30. The summed E-state index contributed by atoms with van der Waals surface area (Å²) in [4.78, 5) is 7.64.